The van der Waals surface area contributed by atoms with Crippen LogP contribution in [0.15, 0.2) is 23.3 Å². The number of piperazine rings is 1. The highest BCUT2D eigenvalue weighted by atomic mass is 127. The minimum atomic E-state index is 0. The fourth-order valence-corrected chi connectivity index (χ4v) is 2.64. The monoisotopic (exact) mass is 474 g/mol. The second-order valence-electron chi connectivity index (χ2n) is 7.18. The number of aliphatic imine (C=N–C) groups is 1. The molecule has 1 aromatic heterocycles. The zero-order valence-corrected chi connectivity index (χ0v) is 19.2. The van der Waals surface area contributed by atoms with Gasteiger partial charge in [-0.05, 0) is 44.5 Å². The van der Waals surface area contributed by atoms with Gasteiger partial charge in [0, 0.05) is 45.0 Å². The van der Waals surface area contributed by atoms with E-state index in [0.717, 1.165) is 44.5 Å². The van der Waals surface area contributed by atoms with Gasteiger partial charge in [-0.3, -0.25) is 0 Å². The van der Waals surface area contributed by atoms with Gasteiger partial charge in [0.15, 0.2) is 5.96 Å². The second-order valence-corrected chi connectivity index (χ2v) is 7.18. The topological polar surface area (TPSA) is 55.8 Å². The normalized spacial score (nSPS) is 17.0. The van der Waals surface area contributed by atoms with Crippen LogP contribution in [-0.2, 0) is 6.54 Å². The Hall–Kier alpha value is -1.09. The van der Waals surface area contributed by atoms with E-state index in [0.29, 0.717) is 18.5 Å². The molecule has 1 aliphatic heterocycles. The van der Waals surface area contributed by atoms with Crippen LogP contribution in [0.25, 0.3) is 0 Å². The Labute approximate surface area is 175 Å². The molecule has 0 aliphatic carbocycles. The molecule has 0 amide bonds. The van der Waals surface area contributed by atoms with E-state index >= 15 is 0 Å². The van der Waals surface area contributed by atoms with Crippen molar-refractivity contribution in [2.45, 2.75) is 40.3 Å². The summed E-state index contributed by atoms with van der Waals surface area (Å²) in [6.45, 7) is 14.5. The number of nitrogens with zero attached hydrogens (tertiary/aromatic N) is 4. The van der Waals surface area contributed by atoms with E-state index in [1.165, 1.54) is 5.56 Å². The molecule has 26 heavy (non-hydrogen) atoms. The van der Waals surface area contributed by atoms with Crippen LogP contribution < -0.4 is 15.5 Å². The zero-order chi connectivity index (χ0) is 18.2. The first-order valence-electron chi connectivity index (χ1n) is 9.43. The Kier molecular flexibility index (Phi) is 10.2. The van der Waals surface area contributed by atoms with Crippen molar-refractivity contribution in [2.75, 3.05) is 44.7 Å². The Morgan fingerprint density at radius 3 is 2.54 bits per heavy atom. The van der Waals surface area contributed by atoms with Crippen molar-refractivity contribution in [3.05, 3.63) is 23.9 Å². The quantitative estimate of drug-likeness (QED) is 0.377. The van der Waals surface area contributed by atoms with E-state index in [1.54, 1.807) is 0 Å². The summed E-state index contributed by atoms with van der Waals surface area (Å²) in [7, 11) is 2.17. The van der Waals surface area contributed by atoms with E-state index in [2.05, 4.69) is 72.3 Å². The Bertz CT molecular complexity index is 555. The number of halogens is 1. The Morgan fingerprint density at radius 2 is 1.92 bits per heavy atom. The number of hydrogen-bond acceptors (Lipinski definition) is 4. The van der Waals surface area contributed by atoms with Crippen LogP contribution in [0.1, 0.15) is 33.3 Å². The van der Waals surface area contributed by atoms with Crippen molar-refractivity contribution in [1.82, 2.24) is 20.5 Å². The highest BCUT2D eigenvalue weighted by molar-refractivity contribution is 14.0. The summed E-state index contributed by atoms with van der Waals surface area (Å²) >= 11 is 0. The summed E-state index contributed by atoms with van der Waals surface area (Å²) in [4.78, 5) is 14.0. The van der Waals surface area contributed by atoms with Gasteiger partial charge >= 0.3 is 0 Å². The van der Waals surface area contributed by atoms with E-state index in [1.807, 2.05) is 6.20 Å². The first kappa shape index (κ1) is 23.0. The van der Waals surface area contributed by atoms with Crippen molar-refractivity contribution < 1.29 is 0 Å². The molecule has 1 aromatic rings. The first-order chi connectivity index (χ1) is 12.0. The number of pyridine rings is 1. The molecule has 1 fully saturated rings. The van der Waals surface area contributed by atoms with Crippen LogP contribution in [-0.4, -0.2) is 61.7 Å². The molecule has 7 heteroatoms. The van der Waals surface area contributed by atoms with Crippen LogP contribution in [0.2, 0.25) is 0 Å². The third-order valence-electron chi connectivity index (χ3n) is 4.77. The molecule has 2 N–H and O–H groups in total. The van der Waals surface area contributed by atoms with Crippen LogP contribution >= 0.6 is 24.0 Å². The molecule has 1 atom stereocenters. The van der Waals surface area contributed by atoms with Gasteiger partial charge < -0.3 is 20.4 Å². The molecular formula is C19H35IN6. The van der Waals surface area contributed by atoms with Crippen LogP contribution in [0.3, 0.4) is 0 Å². The Morgan fingerprint density at radius 1 is 1.23 bits per heavy atom. The predicted molar refractivity (Wildman–Crippen MR) is 122 cm³/mol. The Balaban J connectivity index is 0.00000338. The molecule has 1 aliphatic rings. The summed E-state index contributed by atoms with van der Waals surface area (Å²) in [5.41, 5.74) is 1.19. The van der Waals surface area contributed by atoms with Gasteiger partial charge in [0.1, 0.15) is 5.82 Å². The molecule has 0 aromatic carbocycles. The minimum absolute atomic E-state index is 0. The highest BCUT2D eigenvalue weighted by Crippen LogP contribution is 2.15. The average Bonchev–Trinajstić information content (AvgIpc) is 2.60. The number of anilines is 1. The van der Waals surface area contributed by atoms with Gasteiger partial charge in [-0.1, -0.05) is 13.8 Å². The molecule has 2 rings (SSSR count). The molecule has 1 saturated heterocycles. The summed E-state index contributed by atoms with van der Waals surface area (Å²) in [5.74, 6) is 2.50. The van der Waals surface area contributed by atoms with E-state index in [9.17, 15) is 0 Å². The fraction of sp³-hybridized carbons (Fsp3) is 0.684. The lowest BCUT2D eigenvalue weighted by Crippen LogP contribution is -2.44. The average molecular weight is 474 g/mol. The molecule has 6 nitrogen and oxygen atoms in total. The molecule has 148 valence electrons. The fourth-order valence-electron chi connectivity index (χ4n) is 2.64. The van der Waals surface area contributed by atoms with Gasteiger partial charge in [-0.15, -0.1) is 24.0 Å². The molecule has 1 unspecified atom stereocenters. The third kappa shape index (κ3) is 7.26. The maximum atomic E-state index is 4.74. The lowest BCUT2D eigenvalue weighted by Gasteiger charge is -2.33. The number of likely N-dealkylation sites (N-methyl/N-ethyl adjacent to an activating group) is 1. The standard InChI is InChI=1S/C19H34N6.HI/c1-6-20-19(23-16(4)15(2)3)22-14-17-7-8-21-18(13-17)25-11-9-24(5)10-12-25;/h7-8,13,15-16H,6,9-12,14H2,1-5H3,(H2,20,22,23);1H. The predicted octanol–water partition coefficient (Wildman–Crippen LogP) is 2.55. The SMILES string of the molecule is CCNC(=NCc1ccnc(N2CCN(C)CC2)c1)NC(C)C(C)C.I. The van der Waals surface area contributed by atoms with Crippen molar-refractivity contribution >= 4 is 35.8 Å². The first-order valence-corrected chi connectivity index (χ1v) is 9.43. The third-order valence-corrected chi connectivity index (χ3v) is 4.77. The van der Waals surface area contributed by atoms with E-state index < -0.39 is 0 Å². The smallest absolute Gasteiger partial charge is 0.191 e. The van der Waals surface area contributed by atoms with Gasteiger partial charge in [-0.25, -0.2) is 9.98 Å². The molecule has 0 bridgehead atoms. The number of nitrogens with one attached hydrogen (secondary N) is 2. The molecular weight excluding hydrogens is 439 g/mol. The lowest BCUT2D eigenvalue weighted by molar-refractivity contribution is 0.312. The van der Waals surface area contributed by atoms with E-state index in [-0.39, 0.29) is 24.0 Å². The van der Waals surface area contributed by atoms with Crippen molar-refractivity contribution in [3.63, 3.8) is 0 Å². The summed E-state index contributed by atoms with van der Waals surface area (Å²) in [5, 5.41) is 6.81. The number of guanidine groups is 1. The van der Waals surface area contributed by atoms with Crippen LogP contribution in [0, 0.1) is 5.92 Å². The molecule has 0 spiro atoms. The molecule has 2 heterocycles. The molecule has 0 saturated carbocycles. The van der Waals surface area contributed by atoms with Crippen LogP contribution in [0.4, 0.5) is 5.82 Å². The van der Waals surface area contributed by atoms with Crippen molar-refractivity contribution in [3.8, 4) is 0 Å². The summed E-state index contributed by atoms with van der Waals surface area (Å²) in [6, 6.07) is 4.61. The minimum Gasteiger partial charge on any atom is -0.357 e. The van der Waals surface area contributed by atoms with Crippen LogP contribution in [0.5, 0.6) is 0 Å². The number of rotatable bonds is 6. The van der Waals surface area contributed by atoms with E-state index in [4.69, 9.17) is 4.99 Å². The highest BCUT2D eigenvalue weighted by Gasteiger charge is 2.15. The second kappa shape index (κ2) is 11.6. The van der Waals surface area contributed by atoms with Crippen molar-refractivity contribution in [2.24, 2.45) is 10.9 Å². The van der Waals surface area contributed by atoms with Gasteiger partial charge in [0.05, 0.1) is 6.54 Å². The van der Waals surface area contributed by atoms with Gasteiger partial charge in [-0.2, -0.15) is 0 Å². The van der Waals surface area contributed by atoms with Gasteiger partial charge in [0.2, 0.25) is 0 Å². The summed E-state index contributed by atoms with van der Waals surface area (Å²) in [6.07, 6.45) is 1.90. The molecule has 0 radical (unpaired) electrons. The lowest BCUT2D eigenvalue weighted by atomic mass is 10.1. The summed E-state index contributed by atoms with van der Waals surface area (Å²) < 4.78 is 0. The largest absolute Gasteiger partial charge is 0.357 e. The number of hydrogen-bond donors (Lipinski definition) is 2. The van der Waals surface area contributed by atoms with Gasteiger partial charge in [0.25, 0.3) is 0 Å². The zero-order valence-electron chi connectivity index (χ0n) is 16.8. The maximum absolute atomic E-state index is 4.74. The van der Waals surface area contributed by atoms with Crippen molar-refractivity contribution in [1.29, 1.82) is 0 Å². The number of aromatic nitrogens is 1. The maximum Gasteiger partial charge on any atom is 0.191 e.